The average molecular weight is 270 g/mol. The lowest BCUT2D eigenvalue weighted by atomic mass is 9.63. The van der Waals surface area contributed by atoms with Gasteiger partial charge < -0.3 is 0 Å². The van der Waals surface area contributed by atoms with Crippen molar-refractivity contribution < 1.29 is 0 Å². The molecule has 0 spiro atoms. The zero-order valence-electron chi connectivity index (χ0n) is 13.1. The molecule has 2 fully saturated rings. The van der Waals surface area contributed by atoms with Gasteiger partial charge in [0.15, 0.2) is 0 Å². The van der Waals surface area contributed by atoms with Crippen LogP contribution in [-0.4, -0.2) is 0 Å². The van der Waals surface area contributed by atoms with E-state index in [1.54, 1.807) is 12.0 Å². The van der Waals surface area contributed by atoms with E-state index in [-0.39, 0.29) is 0 Å². The summed E-state index contributed by atoms with van der Waals surface area (Å²) in [5.74, 6) is 4.01. The van der Waals surface area contributed by atoms with E-state index in [1.807, 2.05) is 0 Å². The van der Waals surface area contributed by atoms with Gasteiger partial charge in [-0.2, -0.15) is 0 Å². The van der Waals surface area contributed by atoms with Gasteiger partial charge in [-0.3, -0.25) is 0 Å². The van der Waals surface area contributed by atoms with Gasteiger partial charge in [-0.15, -0.1) is 0 Å². The fourth-order valence-electron chi connectivity index (χ4n) is 4.77. The van der Waals surface area contributed by atoms with Gasteiger partial charge in [0.1, 0.15) is 0 Å². The number of benzene rings is 1. The first kappa shape index (κ1) is 14.2. The van der Waals surface area contributed by atoms with Gasteiger partial charge in [0.05, 0.1) is 0 Å². The van der Waals surface area contributed by atoms with Crippen molar-refractivity contribution in [3.63, 3.8) is 0 Å². The van der Waals surface area contributed by atoms with Crippen molar-refractivity contribution in [3.05, 3.63) is 35.9 Å². The molecule has 1 aromatic carbocycles. The average Bonchev–Trinajstić information content (AvgIpc) is 2.53. The van der Waals surface area contributed by atoms with Crippen molar-refractivity contribution in [2.24, 2.45) is 17.8 Å². The van der Waals surface area contributed by atoms with Crippen molar-refractivity contribution in [1.29, 1.82) is 0 Å². The Morgan fingerprint density at radius 2 is 1.65 bits per heavy atom. The van der Waals surface area contributed by atoms with Crippen molar-refractivity contribution in [1.82, 2.24) is 0 Å². The molecule has 0 aromatic heterocycles. The normalized spacial score (nSPS) is 33.6. The third-order valence-electron chi connectivity index (χ3n) is 5.96. The molecular formula is C20H30. The first-order chi connectivity index (χ1) is 9.86. The third-order valence-corrected chi connectivity index (χ3v) is 5.96. The monoisotopic (exact) mass is 270 g/mol. The summed E-state index contributed by atoms with van der Waals surface area (Å²) < 4.78 is 0. The summed E-state index contributed by atoms with van der Waals surface area (Å²) >= 11 is 0. The molecule has 0 saturated heterocycles. The maximum Gasteiger partial charge on any atom is -0.0159 e. The largest absolute Gasteiger partial charge is 0.0654 e. The van der Waals surface area contributed by atoms with Crippen molar-refractivity contribution in [3.8, 4) is 0 Å². The summed E-state index contributed by atoms with van der Waals surface area (Å²) in [6.45, 7) is 2.33. The van der Waals surface area contributed by atoms with Gasteiger partial charge in [-0.25, -0.2) is 0 Å². The molecule has 0 radical (unpaired) electrons. The van der Waals surface area contributed by atoms with Gasteiger partial charge in [-0.05, 0) is 61.3 Å². The Hall–Kier alpha value is -0.780. The maximum absolute atomic E-state index is 2.35. The van der Waals surface area contributed by atoms with Crippen LogP contribution >= 0.6 is 0 Å². The lowest BCUT2D eigenvalue weighted by Crippen LogP contribution is -2.30. The molecule has 20 heavy (non-hydrogen) atoms. The Morgan fingerprint density at radius 1 is 0.900 bits per heavy atom. The van der Waals surface area contributed by atoms with Crippen LogP contribution in [0, 0.1) is 17.8 Å². The van der Waals surface area contributed by atoms with Gasteiger partial charge in [0, 0.05) is 0 Å². The molecule has 1 aromatic rings. The molecule has 4 atom stereocenters. The Labute approximate surface area is 125 Å². The molecule has 2 saturated carbocycles. The van der Waals surface area contributed by atoms with Gasteiger partial charge in [0.2, 0.25) is 0 Å². The smallest absolute Gasteiger partial charge is 0.0159 e. The van der Waals surface area contributed by atoms with Gasteiger partial charge in [-0.1, -0.05) is 62.9 Å². The quantitative estimate of drug-likeness (QED) is 0.613. The number of hydrogen-bond acceptors (Lipinski definition) is 0. The first-order valence-electron chi connectivity index (χ1n) is 8.91. The van der Waals surface area contributed by atoms with Crippen LogP contribution in [-0.2, 0) is 0 Å². The molecule has 0 nitrogen and oxygen atoms in total. The lowest BCUT2D eigenvalue weighted by Gasteiger charge is -2.42. The Morgan fingerprint density at radius 3 is 2.45 bits per heavy atom. The summed E-state index contributed by atoms with van der Waals surface area (Å²) in [5, 5.41) is 0. The molecule has 3 rings (SSSR count). The van der Waals surface area contributed by atoms with Crippen LogP contribution in [0.2, 0.25) is 0 Å². The van der Waals surface area contributed by atoms with Crippen LogP contribution in [0.1, 0.15) is 76.2 Å². The molecule has 0 heterocycles. The zero-order chi connectivity index (χ0) is 13.8. The number of unbranched alkanes of at least 4 members (excludes halogenated alkanes) is 1. The Bertz CT molecular complexity index is 394. The van der Waals surface area contributed by atoms with Gasteiger partial charge in [0.25, 0.3) is 0 Å². The minimum absolute atomic E-state index is 0.852. The second-order valence-corrected chi connectivity index (χ2v) is 7.26. The van der Waals surface area contributed by atoms with Crippen molar-refractivity contribution >= 4 is 0 Å². The minimum Gasteiger partial charge on any atom is -0.0654 e. The molecule has 4 unspecified atom stereocenters. The fourth-order valence-corrected chi connectivity index (χ4v) is 4.77. The van der Waals surface area contributed by atoms with Crippen LogP contribution in [0.15, 0.2) is 30.3 Å². The van der Waals surface area contributed by atoms with Crippen molar-refractivity contribution in [2.75, 3.05) is 0 Å². The third kappa shape index (κ3) is 3.27. The predicted octanol–water partition coefficient (Wildman–Crippen LogP) is 6.18. The van der Waals surface area contributed by atoms with Crippen LogP contribution in [0.5, 0.6) is 0 Å². The highest BCUT2D eigenvalue weighted by Gasteiger charge is 2.35. The SMILES string of the molecule is CCCCC1CCC2CC(c3ccccc3)CCC2C1. The van der Waals surface area contributed by atoms with Gasteiger partial charge >= 0.3 is 0 Å². The first-order valence-corrected chi connectivity index (χ1v) is 8.91. The van der Waals surface area contributed by atoms with Crippen molar-refractivity contribution in [2.45, 2.75) is 70.6 Å². The zero-order valence-corrected chi connectivity index (χ0v) is 13.1. The van der Waals surface area contributed by atoms with E-state index < -0.39 is 0 Å². The Balaban J connectivity index is 1.56. The molecule has 110 valence electrons. The van der Waals surface area contributed by atoms with Crippen LogP contribution in [0.25, 0.3) is 0 Å². The summed E-state index contributed by atoms with van der Waals surface area (Å²) in [6.07, 6.45) is 13.3. The van der Waals surface area contributed by atoms with Crippen LogP contribution in [0.4, 0.5) is 0 Å². The second kappa shape index (κ2) is 6.78. The second-order valence-electron chi connectivity index (χ2n) is 7.26. The van der Waals surface area contributed by atoms with Crippen LogP contribution < -0.4 is 0 Å². The summed E-state index contributed by atoms with van der Waals surface area (Å²) in [6, 6.07) is 11.3. The highest BCUT2D eigenvalue weighted by Crippen LogP contribution is 2.48. The van der Waals surface area contributed by atoms with E-state index in [0.29, 0.717) is 0 Å². The molecule has 0 aliphatic heterocycles. The summed E-state index contributed by atoms with van der Waals surface area (Å²) in [5.41, 5.74) is 1.60. The van der Waals surface area contributed by atoms with E-state index >= 15 is 0 Å². The molecule has 0 amide bonds. The Kier molecular flexibility index (Phi) is 4.81. The topological polar surface area (TPSA) is 0 Å². The fraction of sp³-hybridized carbons (Fsp3) is 0.700. The minimum atomic E-state index is 0.852. The number of rotatable bonds is 4. The standard InChI is InChI=1S/C20H30/c1-2-3-7-16-10-11-20-15-19(13-12-18(20)14-16)17-8-5-4-6-9-17/h4-6,8-9,16,18-20H,2-3,7,10-15H2,1H3. The molecule has 2 aliphatic carbocycles. The molecule has 0 bridgehead atoms. The molecule has 0 heteroatoms. The highest BCUT2D eigenvalue weighted by molar-refractivity contribution is 5.20. The van der Waals surface area contributed by atoms with E-state index in [2.05, 4.69) is 37.3 Å². The number of hydrogen-bond donors (Lipinski definition) is 0. The van der Waals surface area contributed by atoms with E-state index in [4.69, 9.17) is 0 Å². The summed E-state index contributed by atoms with van der Waals surface area (Å²) in [7, 11) is 0. The van der Waals surface area contributed by atoms with E-state index in [9.17, 15) is 0 Å². The highest BCUT2D eigenvalue weighted by atomic mass is 14.4. The van der Waals surface area contributed by atoms with E-state index in [1.165, 1.54) is 51.4 Å². The lowest BCUT2D eigenvalue weighted by molar-refractivity contribution is 0.113. The maximum atomic E-state index is 2.35. The van der Waals surface area contributed by atoms with E-state index in [0.717, 1.165) is 23.7 Å². The molecule has 2 aliphatic rings. The van der Waals surface area contributed by atoms with Crippen LogP contribution in [0.3, 0.4) is 0 Å². The predicted molar refractivity (Wildman–Crippen MR) is 86.9 cm³/mol. The number of fused-ring (bicyclic) bond motifs is 1. The summed E-state index contributed by atoms with van der Waals surface area (Å²) in [4.78, 5) is 0. The molecule has 0 N–H and O–H groups in total. The molecular weight excluding hydrogens is 240 g/mol.